The summed E-state index contributed by atoms with van der Waals surface area (Å²) in [6.45, 7) is 8.91. The van der Waals surface area contributed by atoms with Crippen molar-refractivity contribution in [2.24, 2.45) is 0 Å². The second kappa shape index (κ2) is 11.5. The van der Waals surface area contributed by atoms with Crippen LogP contribution >= 0.6 is 11.3 Å². The van der Waals surface area contributed by atoms with Gasteiger partial charge in [0.15, 0.2) is 0 Å². The molecule has 5 rings (SSSR count). The summed E-state index contributed by atoms with van der Waals surface area (Å²) in [5, 5.41) is 9.51. The van der Waals surface area contributed by atoms with E-state index < -0.39 is 0 Å². The molecule has 8 heteroatoms. The van der Waals surface area contributed by atoms with E-state index in [0.717, 1.165) is 21.3 Å². The van der Waals surface area contributed by atoms with Crippen LogP contribution in [-0.2, 0) is 0 Å². The van der Waals surface area contributed by atoms with Crippen molar-refractivity contribution in [3.05, 3.63) is 89.1 Å². The number of nitrogens with one attached hydrogen (secondary N) is 2. The van der Waals surface area contributed by atoms with E-state index in [-0.39, 0.29) is 5.91 Å². The number of ether oxygens (including phenoxy) is 2. The second-order valence-corrected chi connectivity index (χ2v) is 9.88. The fraction of sp³-hybridized carbons (Fsp3) is 0.194. The average molecular weight is 539 g/mol. The molecule has 0 saturated heterocycles. The highest BCUT2D eigenvalue weighted by Crippen LogP contribution is 2.42. The maximum absolute atomic E-state index is 12.9. The van der Waals surface area contributed by atoms with Gasteiger partial charge in [-0.1, -0.05) is 42.0 Å². The van der Waals surface area contributed by atoms with E-state index in [9.17, 15) is 4.79 Å². The quantitative estimate of drug-likeness (QED) is 0.199. The number of aryl methyl sites for hydroxylation is 2. The minimum absolute atomic E-state index is 0.228. The number of nitrogens with zero attached hydrogens (tertiary/aromatic N) is 2. The Morgan fingerprint density at radius 1 is 0.872 bits per heavy atom. The molecule has 0 aliphatic carbocycles. The number of carbonyl (C=O) groups excluding carboxylic acids is 1. The van der Waals surface area contributed by atoms with Gasteiger partial charge in [-0.3, -0.25) is 4.79 Å². The van der Waals surface area contributed by atoms with Crippen LogP contribution in [0.15, 0.2) is 72.4 Å². The first-order valence-electron chi connectivity index (χ1n) is 12.8. The molecule has 0 aliphatic heterocycles. The number of amides is 1. The third kappa shape index (κ3) is 5.56. The summed E-state index contributed by atoms with van der Waals surface area (Å²) in [6, 6.07) is 19.1. The first-order valence-corrected chi connectivity index (χ1v) is 13.7. The Kier molecular flexibility index (Phi) is 7.74. The number of hydrogen-bond acceptors (Lipinski definition) is 7. The Bertz CT molecular complexity index is 1630. The van der Waals surface area contributed by atoms with Gasteiger partial charge in [-0.05, 0) is 51.0 Å². The Morgan fingerprint density at radius 2 is 1.59 bits per heavy atom. The van der Waals surface area contributed by atoms with Crippen LogP contribution < -0.4 is 20.1 Å². The third-order valence-corrected chi connectivity index (χ3v) is 7.15. The lowest BCUT2D eigenvalue weighted by atomic mass is 9.99. The van der Waals surface area contributed by atoms with Crippen molar-refractivity contribution in [2.75, 3.05) is 23.8 Å². The number of fused-ring (bicyclic) bond motifs is 1. The highest BCUT2D eigenvalue weighted by atomic mass is 32.1. The van der Waals surface area contributed by atoms with E-state index in [1.807, 2.05) is 38.1 Å². The van der Waals surface area contributed by atoms with Crippen molar-refractivity contribution in [2.45, 2.75) is 27.7 Å². The Hall–Kier alpha value is -4.43. The molecule has 0 atom stereocenters. The van der Waals surface area contributed by atoms with E-state index in [1.54, 1.807) is 35.9 Å². The molecule has 39 heavy (non-hydrogen) atoms. The molecule has 198 valence electrons. The first kappa shape index (κ1) is 26.2. The van der Waals surface area contributed by atoms with Gasteiger partial charge in [-0.2, -0.15) is 0 Å². The molecule has 2 N–H and O–H groups in total. The lowest BCUT2D eigenvalue weighted by Crippen LogP contribution is -2.13. The minimum Gasteiger partial charge on any atom is -0.492 e. The summed E-state index contributed by atoms with van der Waals surface area (Å²) in [6.07, 6.45) is 1.56. The van der Waals surface area contributed by atoms with Gasteiger partial charge in [-0.25, -0.2) is 9.97 Å². The highest BCUT2D eigenvalue weighted by molar-refractivity contribution is 7.17. The Morgan fingerprint density at radius 3 is 2.31 bits per heavy atom. The van der Waals surface area contributed by atoms with Gasteiger partial charge >= 0.3 is 0 Å². The van der Waals surface area contributed by atoms with Crippen LogP contribution in [0.25, 0.3) is 21.3 Å². The van der Waals surface area contributed by atoms with Crippen LogP contribution in [0.3, 0.4) is 0 Å². The predicted molar refractivity (Wildman–Crippen MR) is 159 cm³/mol. The molecule has 0 spiro atoms. The summed E-state index contributed by atoms with van der Waals surface area (Å²) in [5.41, 5.74) is 6.38. The monoisotopic (exact) mass is 538 g/mol. The maximum Gasteiger partial charge on any atom is 0.255 e. The summed E-state index contributed by atoms with van der Waals surface area (Å²) in [7, 11) is 0. The zero-order valence-corrected chi connectivity index (χ0v) is 23.2. The van der Waals surface area contributed by atoms with Crippen molar-refractivity contribution in [1.82, 2.24) is 9.97 Å². The minimum atomic E-state index is -0.228. The van der Waals surface area contributed by atoms with Crippen molar-refractivity contribution >= 4 is 44.7 Å². The molecular formula is C31H30N4O3S. The number of carbonyl (C=O) groups is 1. The predicted octanol–water partition coefficient (Wildman–Crippen LogP) is 7.77. The van der Waals surface area contributed by atoms with Crippen molar-refractivity contribution < 1.29 is 14.3 Å². The number of benzene rings is 3. The molecule has 3 aromatic carbocycles. The van der Waals surface area contributed by atoms with Crippen LogP contribution in [0.5, 0.6) is 11.5 Å². The summed E-state index contributed by atoms with van der Waals surface area (Å²) in [5.74, 6) is 1.53. The average Bonchev–Trinajstić information content (AvgIpc) is 3.36. The van der Waals surface area contributed by atoms with Gasteiger partial charge in [0.1, 0.15) is 28.5 Å². The summed E-state index contributed by atoms with van der Waals surface area (Å²) < 4.78 is 11.9. The molecule has 2 aromatic heterocycles. The van der Waals surface area contributed by atoms with Gasteiger partial charge in [-0.15, -0.1) is 11.3 Å². The van der Waals surface area contributed by atoms with Crippen LogP contribution in [0.2, 0.25) is 0 Å². The highest BCUT2D eigenvalue weighted by Gasteiger charge is 2.19. The zero-order chi connectivity index (χ0) is 27.4. The maximum atomic E-state index is 12.9. The van der Waals surface area contributed by atoms with E-state index >= 15 is 0 Å². The Balaban J connectivity index is 1.57. The molecule has 0 bridgehead atoms. The lowest BCUT2D eigenvalue weighted by Gasteiger charge is -2.18. The molecule has 2 heterocycles. The third-order valence-electron chi connectivity index (χ3n) is 6.26. The van der Waals surface area contributed by atoms with Gasteiger partial charge in [0, 0.05) is 28.6 Å². The first-order chi connectivity index (χ1) is 19.0. The van der Waals surface area contributed by atoms with Gasteiger partial charge in [0.2, 0.25) is 0 Å². The van der Waals surface area contributed by atoms with Crippen LogP contribution in [0, 0.1) is 13.8 Å². The largest absolute Gasteiger partial charge is 0.492 e. The fourth-order valence-electron chi connectivity index (χ4n) is 4.50. The molecule has 0 aliphatic rings. The fourth-order valence-corrected chi connectivity index (χ4v) is 5.41. The number of anilines is 3. The molecule has 0 saturated carbocycles. The smallest absolute Gasteiger partial charge is 0.255 e. The Labute approximate surface area is 231 Å². The van der Waals surface area contributed by atoms with Crippen LogP contribution in [0.4, 0.5) is 17.2 Å². The van der Waals surface area contributed by atoms with Crippen LogP contribution in [0.1, 0.15) is 35.3 Å². The van der Waals surface area contributed by atoms with Crippen molar-refractivity contribution in [3.63, 3.8) is 0 Å². The summed E-state index contributed by atoms with van der Waals surface area (Å²) >= 11 is 1.58. The lowest BCUT2D eigenvalue weighted by molar-refractivity contribution is 0.102. The van der Waals surface area contributed by atoms with E-state index in [0.29, 0.717) is 47.5 Å². The van der Waals surface area contributed by atoms with E-state index in [1.165, 1.54) is 11.1 Å². The molecule has 1 amide bonds. The van der Waals surface area contributed by atoms with E-state index in [2.05, 4.69) is 58.0 Å². The van der Waals surface area contributed by atoms with Gasteiger partial charge < -0.3 is 20.1 Å². The van der Waals surface area contributed by atoms with E-state index in [4.69, 9.17) is 9.47 Å². The normalized spacial score (nSPS) is 10.9. The number of thiophene rings is 1. The zero-order valence-electron chi connectivity index (χ0n) is 22.4. The van der Waals surface area contributed by atoms with Gasteiger partial charge in [0.05, 0.1) is 30.0 Å². The topological polar surface area (TPSA) is 85.4 Å². The number of aromatic nitrogens is 2. The molecule has 0 radical (unpaired) electrons. The molecule has 0 unspecified atom stereocenters. The second-order valence-electron chi connectivity index (χ2n) is 9.03. The number of rotatable bonds is 9. The number of hydrogen-bond donors (Lipinski definition) is 2. The van der Waals surface area contributed by atoms with Gasteiger partial charge in [0.25, 0.3) is 5.91 Å². The van der Waals surface area contributed by atoms with Crippen LogP contribution in [-0.4, -0.2) is 29.1 Å². The standard InChI is InChI=1S/C31H30N4O3S/c1-5-37-26-16-25(35-30(36)21-10-8-7-9-11-21)27(38-6-2)15-24(26)34-29-28-23(17-39-31(28)33-18-32-29)22-13-12-19(3)14-20(22)4/h7-18H,5-6H2,1-4H3,(H,35,36)(H,32,33,34). The SMILES string of the molecule is CCOc1cc(Nc2ncnc3scc(-c4ccc(C)cc4C)c23)c(OCC)cc1NC(=O)c1ccccc1. The molecular weight excluding hydrogens is 508 g/mol. The summed E-state index contributed by atoms with van der Waals surface area (Å²) in [4.78, 5) is 22.9. The van der Waals surface area contributed by atoms with Crippen molar-refractivity contribution in [3.8, 4) is 22.6 Å². The molecule has 0 fully saturated rings. The molecule has 7 nitrogen and oxygen atoms in total. The molecule has 5 aromatic rings. The van der Waals surface area contributed by atoms with Crippen molar-refractivity contribution in [1.29, 1.82) is 0 Å².